The molecule has 0 atom stereocenters. The molecule has 0 aliphatic carbocycles. The molecule has 0 N–H and O–H groups in total. The molecule has 2 fully saturated rings. The molecule has 1 amide bonds. The number of hydrogen-bond acceptors (Lipinski definition) is 6. The lowest BCUT2D eigenvalue weighted by atomic mass is 10.0. The molecule has 3 heterocycles. The fourth-order valence-electron chi connectivity index (χ4n) is 5.13. The molecule has 3 aromatic rings. The van der Waals surface area contributed by atoms with E-state index in [4.69, 9.17) is 14.5 Å². The predicted octanol–water partition coefficient (Wildman–Crippen LogP) is 3.77. The normalized spacial score (nSPS) is 17.1. The molecule has 0 saturated carbocycles. The summed E-state index contributed by atoms with van der Waals surface area (Å²) < 4.78 is 10.9. The molecule has 0 unspecified atom stereocenters. The van der Waals surface area contributed by atoms with Gasteiger partial charge in [0.1, 0.15) is 0 Å². The smallest absolute Gasteiger partial charge is 0.254 e. The third-order valence-corrected chi connectivity index (χ3v) is 7.22. The van der Waals surface area contributed by atoms with Crippen LogP contribution >= 0.6 is 0 Å². The van der Waals surface area contributed by atoms with Crippen molar-refractivity contribution in [3.63, 3.8) is 0 Å². The monoisotopic (exact) mass is 474 g/mol. The fraction of sp³-hybridized carbons (Fsp3) is 0.429. The van der Waals surface area contributed by atoms with Gasteiger partial charge in [0.15, 0.2) is 11.5 Å². The second-order valence-corrected chi connectivity index (χ2v) is 9.32. The highest BCUT2D eigenvalue weighted by Crippen LogP contribution is 2.33. The van der Waals surface area contributed by atoms with E-state index < -0.39 is 0 Å². The average molecular weight is 475 g/mol. The third-order valence-electron chi connectivity index (χ3n) is 7.22. The fourth-order valence-corrected chi connectivity index (χ4v) is 5.13. The Kier molecular flexibility index (Phi) is 7.16. The molecular weight excluding hydrogens is 440 g/mol. The quantitative estimate of drug-likeness (QED) is 0.520. The highest BCUT2D eigenvalue weighted by molar-refractivity contribution is 6.07. The summed E-state index contributed by atoms with van der Waals surface area (Å²) in [5.74, 6) is 1.37. The van der Waals surface area contributed by atoms with Gasteiger partial charge >= 0.3 is 0 Å². The predicted molar refractivity (Wildman–Crippen MR) is 138 cm³/mol. The lowest BCUT2D eigenvalue weighted by Gasteiger charge is -2.35. The van der Waals surface area contributed by atoms with E-state index in [1.54, 1.807) is 14.2 Å². The number of methoxy groups -OCH3 is 2. The van der Waals surface area contributed by atoms with Gasteiger partial charge in [0, 0.05) is 50.2 Å². The first-order chi connectivity index (χ1) is 17.2. The number of ether oxygens (including phenoxy) is 2. The summed E-state index contributed by atoms with van der Waals surface area (Å²) in [4.78, 5) is 25.6. The van der Waals surface area contributed by atoms with Crippen LogP contribution in [0.5, 0.6) is 11.5 Å². The molecule has 2 saturated heterocycles. The number of pyridine rings is 1. The molecule has 2 aromatic carbocycles. The second kappa shape index (κ2) is 10.6. The van der Waals surface area contributed by atoms with Crippen LogP contribution < -0.4 is 9.47 Å². The summed E-state index contributed by atoms with van der Waals surface area (Å²) in [6, 6.07) is 15.5. The van der Waals surface area contributed by atoms with E-state index in [1.807, 2.05) is 53.4 Å². The first-order valence-electron chi connectivity index (χ1n) is 12.5. The SMILES string of the molecule is COc1ccc(-c2cc(C(=O)N3CCN(CCN4CCCC4)CC3)c3ccccc3n2)cc1OC. The first kappa shape index (κ1) is 23.6. The van der Waals surface area contributed by atoms with Crippen molar-refractivity contribution in [2.45, 2.75) is 12.8 Å². The number of likely N-dealkylation sites (tertiary alicyclic amines) is 1. The van der Waals surface area contributed by atoms with E-state index in [0.717, 1.165) is 61.4 Å². The number of amides is 1. The molecule has 2 aliphatic rings. The van der Waals surface area contributed by atoms with Crippen LogP contribution in [-0.4, -0.2) is 92.2 Å². The standard InChI is InChI=1S/C28H34N4O3/c1-34-26-10-9-21(19-27(26)35-2)25-20-23(22-7-3-4-8-24(22)29-25)28(33)32-17-15-31(16-18-32)14-13-30-11-5-6-12-30/h3-4,7-10,19-20H,5-6,11-18H2,1-2H3. The molecule has 0 spiro atoms. The highest BCUT2D eigenvalue weighted by Gasteiger charge is 2.25. The third kappa shape index (κ3) is 5.11. The van der Waals surface area contributed by atoms with Crippen LogP contribution in [-0.2, 0) is 0 Å². The van der Waals surface area contributed by atoms with Gasteiger partial charge in [-0.1, -0.05) is 18.2 Å². The maximum Gasteiger partial charge on any atom is 0.254 e. The van der Waals surface area contributed by atoms with Gasteiger partial charge in [-0.3, -0.25) is 9.69 Å². The van der Waals surface area contributed by atoms with Crippen LogP contribution in [0.2, 0.25) is 0 Å². The molecule has 2 aliphatic heterocycles. The second-order valence-electron chi connectivity index (χ2n) is 9.32. The van der Waals surface area contributed by atoms with Gasteiger partial charge in [-0.05, 0) is 56.3 Å². The summed E-state index contributed by atoms with van der Waals surface area (Å²) in [7, 11) is 3.24. The molecule has 1 aromatic heterocycles. The maximum atomic E-state index is 13.7. The largest absolute Gasteiger partial charge is 0.493 e. The molecule has 0 radical (unpaired) electrons. The Bertz CT molecular complexity index is 1180. The number of carbonyl (C=O) groups is 1. The van der Waals surface area contributed by atoms with Crippen molar-refractivity contribution in [3.05, 3.63) is 54.1 Å². The van der Waals surface area contributed by atoms with E-state index in [0.29, 0.717) is 17.1 Å². The number of hydrogen-bond donors (Lipinski definition) is 0. The Labute approximate surface area is 207 Å². The van der Waals surface area contributed by atoms with Crippen molar-refractivity contribution in [2.75, 3.05) is 66.6 Å². The zero-order chi connectivity index (χ0) is 24.2. The number of aromatic nitrogens is 1. The van der Waals surface area contributed by atoms with Gasteiger partial charge < -0.3 is 19.3 Å². The van der Waals surface area contributed by atoms with Crippen molar-refractivity contribution in [2.24, 2.45) is 0 Å². The molecule has 5 rings (SSSR count). The van der Waals surface area contributed by atoms with Gasteiger partial charge in [0.2, 0.25) is 0 Å². The van der Waals surface area contributed by atoms with Crippen LogP contribution in [0.4, 0.5) is 0 Å². The maximum absolute atomic E-state index is 13.7. The van der Waals surface area contributed by atoms with Gasteiger partial charge in [0.05, 0.1) is 31.0 Å². The van der Waals surface area contributed by atoms with Gasteiger partial charge in [0.25, 0.3) is 5.91 Å². The van der Waals surface area contributed by atoms with Crippen LogP contribution in [0.15, 0.2) is 48.5 Å². The lowest BCUT2D eigenvalue weighted by Crippen LogP contribution is -2.50. The van der Waals surface area contributed by atoms with Crippen LogP contribution in [0.25, 0.3) is 22.2 Å². The molecule has 184 valence electrons. The van der Waals surface area contributed by atoms with E-state index in [1.165, 1.54) is 25.9 Å². The summed E-state index contributed by atoms with van der Waals surface area (Å²) in [6.07, 6.45) is 2.65. The van der Waals surface area contributed by atoms with Crippen molar-refractivity contribution in [1.29, 1.82) is 0 Å². The zero-order valence-electron chi connectivity index (χ0n) is 20.7. The first-order valence-corrected chi connectivity index (χ1v) is 12.5. The average Bonchev–Trinajstić information content (AvgIpc) is 3.44. The number of nitrogens with zero attached hydrogens (tertiary/aromatic N) is 4. The molecule has 7 heteroatoms. The van der Waals surface area contributed by atoms with E-state index in [9.17, 15) is 4.79 Å². The van der Waals surface area contributed by atoms with Crippen LogP contribution in [0, 0.1) is 0 Å². The van der Waals surface area contributed by atoms with Crippen molar-refractivity contribution < 1.29 is 14.3 Å². The van der Waals surface area contributed by atoms with Crippen LogP contribution in [0.1, 0.15) is 23.2 Å². The highest BCUT2D eigenvalue weighted by atomic mass is 16.5. The lowest BCUT2D eigenvalue weighted by molar-refractivity contribution is 0.0628. The molecule has 0 bridgehead atoms. The Morgan fingerprint density at radius 1 is 0.829 bits per heavy atom. The minimum Gasteiger partial charge on any atom is -0.493 e. The summed E-state index contributed by atoms with van der Waals surface area (Å²) >= 11 is 0. The van der Waals surface area contributed by atoms with Crippen molar-refractivity contribution >= 4 is 16.8 Å². The molecular formula is C28H34N4O3. The van der Waals surface area contributed by atoms with Crippen LogP contribution in [0.3, 0.4) is 0 Å². The minimum absolute atomic E-state index is 0.0736. The molecule has 35 heavy (non-hydrogen) atoms. The van der Waals surface area contributed by atoms with Crippen molar-refractivity contribution in [3.8, 4) is 22.8 Å². The number of rotatable bonds is 7. The Morgan fingerprint density at radius 2 is 1.51 bits per heavy atom. The van der Waals surface area contributed by atoms with E-state index in [2.05, 4.69) is 9.80 Å². The Morgan fingerprint density at radius 3 is 2.23 bits per heavy atom. The summed E-state index contributed by atoms with van der Waals surface area (Å²) in [6.45, 7) is 8.03. The van der Waals surface area contributed by atoms with Gasteiger partial charge in [-0.2, -0.15) is 0 Å². The number of benzene rings is 2. The summed E-state index contributed by atoms with van der Waals surface area (Å²) in [5, 5.41) is 0.887. The number of para-hydroxylation sites is 1. The zero-order valence-corrected chi connectivity index (χ0v) is 20.7. The molecule has 7 nitrogen and oxygen atoms in total. The van der Waals surface area contributed by atoms with Gasteiger partial charge in [-0.15, -0.1) is 0 Å². The Balaban J connectivity index is 1.36. The topological polar surface area (TPSA) is 58.1 Å². The van der Waals surface area contributed by atoms with E-state index >= 15 is 0 Å². The number of piperazine rings is 1. The summed E-state index contributed by atoms with van der Waals surface area (Å²) in [5.41, 5.74) is 3.14. The Hall–Kier alpha value is -3.16. The van der Waals surface area contributed by atoms with Gasteiger partial charge in [-0.25, -0.2) is 4.98 Å². The number of fused-ring (bicyclic) bond motifs is 1. The minimum atomic E-state index is 0.0736. The van der Waals surface area contributed by atoms with E-state index in [-0.39, 0.29) is 5.91 Å². The van der Waals surface area contributed by atoms with Crippen molar-refractivity contribution in [1.82, 2.24) is 19.7 Å². The number of carbonyl (C=O) groups excluding carboxylic acids is 1.